The van der Waals surface area contributed by atoms with E-state index in [4.69, 9.17) is 20.9 Å². The normalized spacial score (nSPS) is 11.3. The maximum atomic E-state index is 12.8. The van der Waals surface area contributed by atoms with Gasteiger partial charge in [-0.25, -0.2) is 0 Å². The van der Waals surface area contributed by atoms with Gasteiger partial charge in [-0.2, -0.15) is 13.2 Å². The summed E-state index contributed by atoms with van der Waals surface area (Å²) in [6.07, 6.45) is -4.56. The molecule has 3 rings (SSSR count). The van der Waals surface area contributed by atoms with Gasteiger partial charge in [0, 0.05) is 11.6 Å². The Labute approximate surface area is 163 Å². The number of amides is 1. The summed E-state index contributed by atoms with van der Waals surface area (Å²) in [5.74, 6) is 0.258. The Kier molecular flexibility index (Phi) is 5.60. The second-order valence-electron chi connectivity index (χ2n) is 5.68. The van der Waals surface area contributed by atoms with Crippen molar-refractivity contribution in [3.8, 4) is 17.1 Å². The number of aromatic nitrogens is 1. The van der Waals surface area contributed by atoms with Gasteiger partial charge in [0.25, 0.3) is 5.91 Å². The number of halogens is 4. The molecule has 0 bridgehead atoms. The third-order valence-corrected chi connectivity index (χ3v) is 4.06. The van der Waals surface area contributed by atoms with Crippen LogP contribution in [0.2, 0.25) is 5.02 Å². The largest absolute Gasteiger partial charge is 0.494 e. The van der Waals surface area contributed by atoms with Gasteiger partial charge >= 0.3 is 6.18 Å². The molecular weight excluding hydrogens is 397 g/mol. The van der Waals surface area contributed by atoms with Crippen LogP contribution >= 0.6 is 11.6 Å². The van der Waals surface area contributed by atoms with E-state index in [-0.39, 0.29) is 16.4 Å². The van der Waals surface area contributed by atoms with Gasteiger partial charge in [-0.1, -0.05) is 16.8 Å². The molecule has 0 saturated heterocycles. The fraction of sp³-hybridized carbons (Fsp3) is 0.158. The second-order valence-corrected chi connectivity index (χ2v) is 6.09. The van der Waals surface area contributed by atoms with Gasteiger partial charge in [-0.3, -0.25) is 4.79 Å². The fourth-order valence-corrected chi connectivity index (χ4v) is 2.55. The maximum absolute atomic E-state index is 12.8. The van der Waals surface area contributed by atoms with Crippen LogP contribution in [0, 0.1) is 0 Å². The second kappa shape index (κ2) is 7.93. The minimum Gasteiger partial charge on any atom is -0.494 e. The molecule has 0 aliphatic rings. The van der Waals surface area contributed by atoms with Crippen molar-refractivity contribution in [2.45, 2.75) is 13.1 Å². The summed E-state index contributed by atoms with van der Waals surface area (Å²) in [6, 6.07) is 11.0. The van der Waals surface area contributed by atoms with E-state index in [1.807, 2.05) is 6.92 Å². The van der Waals surface area contributed by atoms with E-state index in [9.17, 15) is 18.0 Å². The molecule has 0 atom stereocenters. The standard InChI is InChI=1S/C19H14ClF3N2O3/c1-2-27-13-6-3-11(4-7-13)17-10-16(25-28-17)18(26)24-15-9-12(19(21,22)23)5-8-14(15)20/h3-10H,2H2,1H3,(H,24,26). The van der Waals surface area contributed by atoms with Gasteiger partial charge in [-0.05, 0) is 49.4 Å². The number of rotatable bonds is 5. The lowest BCUT2D eigenvalue weighted by molar-refractivity contribution is -0.137. The van der Waals surface area contributed by atoms with Gasteiger partial charge in [0.15, 0.2) is 11.5 Å². The van der Waals surface area contributed by atoms with Gasteiger partial charge in [0.2, 0.25) is 0 Å². The molecule has 9 heteroatoms. The minimum atomic E-state index is -4.56. The molecule has 146 valence electrons. The Hall–Kier alpha value is -3.00. The predicted molar refractivity (Wildman–Crippen MR) is 97.5 cm³/mol. The highest BCUT2D eigenvalue weighted by atomic mass is 35.5. The van der Waals surface area contributed by atoms with Crippen LogP contribution in [0.1, 0.15) is 23.0 Å². The number of anilines is 1. The van der Waals surface area contributed by atoms with Crippen molar-refractivity contribution >= 4 is 23.2 Å². The predicted octanol–water partition coefficient (Wildman–Crippen LogP) is 5.66. The fourth-order valence-electron chi connectivity index (χ4n) is 2.38. The van der Waals surface area contributed by atoms with Crippen LogP contribution in [0.5, 0.6) is 5.75 Å². The highest BCUT2D eigenvalue weighted by Gasteiger charge is 2.31. The Balaban J connectivity index is 1.78. The van der Waals surface area contributed by atoms with Crippen molar-refractivity contribution in [2.24, 2.45) is 0 Å². The number of carbonyl (C=O) groups excluding carboxylic acids is 1. The summed E-state index contributed by atoms with van der Waals surface area (Å²) in [6.45, 7) is 2.40. The Morgan fingerprint density at radius 1 is 1.18 bits per heavy atom. The third kappa shape index (κ3) is 4.45. The zero-order valence-corrected chi connectivity index (χ0v) is 15.3. The maximum Gasteiger partial charge on any atom is 0.416 e. The Morgan fingerprint density at radius 3 is 2.54 bits per heavy atom. The summed E-state index contributed by atoms with van der Waals surface area (Å²) in [7, 11) is 0. The van der Waals surface area contributed by atoms with Crippen LogP contribution < -0.4 is 10.1 Å². The Bertz CT molecular complexity index is 985. The molecule has 0 fully saturated rings. The average Bonchev–Trinajstić information content (AvgIpc) is 3.14. The molecule has 0 aliphatic carbocycles. The van der Waals surface area contributed by atoms with Crippen molar-refractivity contribution in [1.29, 1.82) is 0 Å². The van der Waals surface area contributed by atoms with E-state index >= 15 is 0 Å². The number of nitrogens with zero attached hydrogens (tertiary/aromatic N) is 1. The van der Waals surface area contributed by atoms with E-state index in [1.165, 1.54) is 6.07 Å². The molecular formula is C19H14ClF3N2O3. The van der Waals surface area contributed by atoms with E-state index in [0.29, 0.717) is 23.7 Å². The average molecular weight is 411 g/mol. The van der Waals surface area contributed by atoms with Crippen LogP contribution in [0.4, 0.5) is 18.9 Å². The molecule has 3 aromatic rings. The smallest absolute Gasteiger partial charge is 0.416 e. The van der Waals surface area contributed by atoms with E-state index in [2.05, 4.69) is 10.5 Å². The molecule has 2 aromatic carbocycles. The van der Waals surface area contributed by atoms with Gasteiger partial charge in [0.1, 0.15) is 5.75 Å². The van der Waals surface area contributed by atoms with Crippen LogP contribution in [0.25, 0.3) is 11.3 Å². The van der Waals surface area contributed by atoms with Crippen molar-refractivity contribution in [3.05, 3.63) is 64.8 Å². The van der Waals surface area contributed by atoms with Crippen LogP contribution in [-0.2, 0) is 6.18 Å². The molecule has 0 spiro atoms. The molecule has 0 saturated carbocycles. The third-order valence-electron chi connectivity index (χ3n) is 3.73. The van der Waals surface area contributed by atoms with E-state index < -0.39 is 17.6 Å². The first-order valence-electron chi connectivity index (χ1n) is 8.16. The number of hydrogen-bond acceptors (Lipinski definition) is 4. The van der Waals surface area contributed by atoms with Crippen molar-refractivity contribution in [3.63, 3.8) is 0 Å². The molecule has 28 heavy (non-hydrogen) atoms. The number of hydrogen-bond donors (Lipinski definition) is 1. The first-order chi connectivity index (χ1) is 13.3. The van der Waals surface area contributed by atoms with Gasteiger partial charge in [0.05, 0.1) is 22.9 Å². The first-order valence-corrected chi connectivity index (χ1v) is 8.53. The number of nitrogens with one attached hydrogen (secondary N) is 1. The lowest BCUT2D eigenvalue weighted by Gasteiger charge is -2.10. The van der Waals surface area contributed by atoms with Gasteiger partial charge < -0.3 is 14.6 Å². The number of alkyl halides is 3. The molecule has 0 radical (unpaired) electrons. The molecule has 1 N–H and O–H groups in total. The molecule has 0 aliphatic heterocycles. The monoisotopic (exact) mass is 410 g/mol. The zero-order chi connectivity index (χ0) is 20.3. The molecule has 1 amide bonds. The zero-order valence-electron chi connectivity index (χ0n) is 14.5. The van der Waals surface area contributed by atoms with Gasteiger partial charge in [-0.15, -0.1) is 0 Å². The Morgan fingerprint density at radius 2 is 1.89 bits per heavy atom. The quantitative estimate of drug-likeness (QED) is 0.589. The van der Waals surface area contributed by atoms with Crippen LogP contribution in [0.15, 0.2) is 53.1 Å². The summed E-state index contributed by atoms with van der Waals surface area (Å²) in [5, 5.41) is 5.95. The lowest BCUT2D eigenvalue weighted by Crippen LogP contribution is -2.14. The number of benzene rings is 2. The summed E-state index contributed by atoms with van der Waals surface area (Å²) in [5.41, 5.74) is -0.543. The summed E-state index contributed by atoms with van der Waals surface area (Å²) < 4.78 is 49.0. The molecule has 0 unspecified atom stereocenters. The topological polar surface area (TPSA) is 64.4 Å². The van der Waals surface area contributed by atoms with E-state index in [0.717, 1.165) is 18.2 Å². The molecule has 1 heterocycles. The van der Waals surface area contributed by atoms with Crippen LogP contribution in [-0.4, -0.2) is 17.7 Å². The summed E-state index contributed by atoms with van der Waals surface area (Å²) in [4.78, 5) is 12.3. The number of ether oxygens (including phenoxy) is 1. The van der Waals surface area contributed by atoms with Crippen molar-refractivity contribution in [1.82, 2.24) is 5.16 Å². The summed E-state index contributed by atoms with van der Waals surface area (Å²) >= 11 is 5.88. The van der Waals surface area contributed by atoms with Crippen molar-refractivity contribution < 1.29 is 27.2 Å². The minimum absolute atomic E-state index is 0.0309. The highest BCUT2D eigenvalue weighted by Crippen LogP contribution is 2.34. The van der Waals surface area contributed by atoms with Crippen LogP contribution in [0.3, 0.4) is 0 Å². The first kappa shape index (κ1) is 19.8. The molecule has 1 aromatic heterocycles. The highest BCUT2D eigenvalue weighted by molar-refractivity contribution is 6.33. The molecule has 5 nitrogen and oxygen atoms in total. The van der Waals surface area contributed by atoms with E-state index in [1.54, 1.807) is 24.3 Å². The SMILES string of the molecule is CCOc1ccc(-c2cc(C(=O)Nc3cc(C(F)(F)F)ccc3Cl)no2)cc1. The van der Waals surface area contributed by atoms with Crippen molar-refractivity contribution in [2.75, 3.05) is 11.9 Å². The number of carbonyl (C=O) groups is 1. The lowest BCUT2D eigenvalue weighted by atomic mass is 10.1.